The monoisotopic (exact) mass is 455 g/mol. The van der Waals surface area contributed by atoms with Gasteiger partial charge in [0.05, 0.1) is 29.1 Å². The third kappa shape index (κ3) is 5.43. The molecule has 1 unspecified atom stereocenters. The van der Waals surface area contributed by atoms with Crippen LogP contribution in [0.3, 0.4) is 0 Å². The van der Waals surface area contributed by atoms with Crippen LogP contribution in [0, 0.1) is 6.92 Å². The van der Waals surface area contributed by atoms with Gasteiger partial charge in [-0.2, -0.15) is 13.2 Å². The molecule has 0 aliphatic heterocycles. The molecular weight excluding hydrogens is 439 g/mol. The summed E-state index contributed by atoms with van der Waals surface area (Å²) < 4.78 is 60.5. The summed E-state index contributed by atoms with van der Waals surface area (Å²) in [6, 6.07) is 12.9. The molecule has 11 heteroatoms. The zero-order chi connectivity index (χ0) is 21.9. The highest BCUT2D eigenvalue weighted by Crippen LogP contribution is 2.31. The number of aromatic nitrogens is 1. The molecule has 1 heterocycles. The third-order valence-electron chi connectivity index (χ3n) is 3.95. The van der Waals surface area contributed by atoms with Gasteiger partial charge in [0.25, 0.3) is 17.2 Å². The van der Waals surface area contributed by atoms with Crippen molar-refractivity contribution in [3.05, 3.63) is 70.7 Å². The van der Waals surface area contributed by atoms with Crippen LogP contribution in [0.4, 0.5) is 29.7 Å². The quantitative estimate of drug-likeness (QED) is 0.508. The zero-order valence-electron chi connectivity index (χ0n) is 15.5. The Labute approximate surface area is 176 Å². The number of hydrogen-bond acceptors (Lipinski definition) is 4. The number of rotatable bonds is 6. The number of alkyl halides is 3. The second kappa shape index (κ2) is 8.94. The van der Waals surface area contributed by atoms with Crippen molar-refractivity contribution < 1.29 is 26.7 Å². The van der Waals surface area contributed by atoms with Gasteiger partial charge < -0.3 is 0 Å². The van der Waals surface area contributed by atoms with Crippen LogP contribution in [0.15, 0.2) is 53.9 Å². The van der Waals surface area contributed by atoms with Gasteiger partial charge in [0.2, 0.25) is 0 Å². The molecule has 1 aromatic heterocycles. The molecule has 1 atom stereocenters. The number of nitrogens with one attached hydrogen (secondary N) is 1. The number of carbonyl (C=O) groups excluding carboxylic acids is 1. The van der Waals surface area contributed by atoms with E-state index < -0.39 is 29.8 Å². The van der Waals surface area contributed by atoms with E-state index in [0.717, 1.165) is 21.2 Å². The van der Waals surface area contributed by atoms with Crippen LogP contribution in [0.25, 0.3) is 0 Å². The maximum absolute atomic E-state index is 12.8. The average molecular weight is 455 g/mol. The molecule has 0 saturated carbocycles. The van der Waals surface area contributed by atoms with Gasteiger partial charge in [0.15, 0.2) is 5.13 Å². The van der Waals surface area contributed by atoms with Crippen molar-refractivity contribution in [3.8, 4) is 0 Å². The number of amides is 1. The molecule has 6 nitrogen and oxygen atoms in total. The average Bonchev–Trinajstić information content (AvgIpc) is 3.08. The molecule has 0 saturated heterocycles. The summed E-state index contributed by atoms with van der Waals surface area (Å²) >= 11 is -1.61. The first-order valence-corrected chi connectivity index (χ1v) is 10.5. The fourth-order valence-electron chi connectivity index (χ4n) is 2.65. The molecule has 3 rings (SSSR count). The molecular formula is C19H16F3N3O3S2. The number of carbonyl (C=O) groups is 1. The molecule has 0 aliphatic carbocycles. The van der Waals surface area contributed by atoms with E-state index >= 15 is 0 Å². The van der Waals surface area contributed by atoms with Crippen LogP contribution < -0.4 is 9.62 Å². The van der Waals surface area contributed by atoms with Gasteiger partial charge in [0, 0.05) is 5.38 Å². The topological polar surface area (TPSA) is 82.5 Å². The fourth-order valence-corrected chi connectivity index (χ4v) is 3.99. The Morgan fingerprint density at radius 2 is 1.87 bits per heavy atom. The minimum Gasteiger partial charge on any atom is -0.298 e. The molecule has 0 radical (unpaired) electrons. The number of halogens is 3. The van der Waals surface area contributed by atoms with E-state index in [1.807, 2.05) is 6.92 Å². The second-order valence-electron chi connectivity index (χ2n) is 6.27. The van der Waals surface area contributed by atoms with Crippen molar-refractivity contribution >= 4 is 45.0 Å². The van der Waals surface area contributed by atoms with Gasteiger partial charge >= 0.3 is 6.18 Å². The Hall–Kier alpha value is -2.76. The van der Waals surface area contributed by atoms with Gasteiger partial charge in [-0.1, -0.05) is 29.8 Å². The van der Waals surface area contributed by atoms with Crippen molar-refractivity contribution in [3.63, 3.8) is 0 Å². The largest absolute Gasteiger partial charge is 0.394 e. The summed E-state index contributed by atoms with van der Waals surface area (Å²) in [6.07, 6.45) is -5.59. The number of nitrogens with zero attached hydrogens (tertiary/aromatic N) is 2. The number of benzene rings is 2. The molecule has 1 amide bonds. The standard InChI is InChI=1S/C19H16F3N3O3S2/c1-12-6-8-14(9-7-12)25(30(27)28)16-5-3-2-4-15(16)17(26)24-18-23-13(11-29-18)10-19(20,21)22/h2-9,11H,10H2,1H3,(H,27,28)(H,23,24,26). The maximum atomic E-state index is 12.8. The predicted octanol–water partition coefficient (Wildman–Crippen LogP) is 5.08. The normalized spacial score (nSPS) is 12.4. The van der Waals surface area contributed by atoms with E-state index in [1.165, 1.54) is 17.5 Å². The van der Waals surface area contributed by atoms with Gasteiger partial charge in [-0.3, -0.25) is 14.7 Å². The maximum Gasteiger partial charge on any atom is 0.394 e. The van der Waals surface area contributed by atoms with Crippen LogP contribution >= 0.6 is 11.3 Å². The summed E-state index contributed by atoms with van der Waals surface area (Å²) in [5, 5.41) is 3.67. The highest BCUT2D eigenvalue weighted by atomic mass is 32.2. The SMILES string of the molecule is Cc1ccc(N(c2ccccc2C(=O)Nc2nc(CC(F)(F)F)cs2)S(=O)O)cc1. The number of para-hydroxylation sites is 1. The van der Waals surface area contributed by atoms with Gasteiger partial charge in [-0.15, -0.1) is 11.3 Å². The lowest BCUT2D eigenvalue weighted by Gasteiger charge is -2.22. The smallest absolute Gasteiger partial charge is 0.298 e. The minimum atomic E-state index is -4.40. The molecule has 2 aromatic carbocycles. The van der Waals surface area contributed by atoms with Crippen LogP contribution in [-0.4, -0.2) is 25.8 Å². The first-order chi connectivity index (χ1) is 14.1. The summed E-state index contributed by atoms with van der Waals surface area (Å²) in [5.41, 5.74) is 1.36. The highest BCUT2D eigenvalue weighted by Gasteiger charge is 2.29. The number of hydrogen-bond donors (Lipinski definition) is 2. The molecule has 2 N–H and O–H groups in total. The number of aryl methyl sites for hydroxylation is 1. The van der Waals surface area contributed by atoms with E-state index in [4.69, 9.17) is 0 Å². The number of thiazole rings is 1. The van der Waals surface area contributed by atoms with Gasteiger partial charge in [-0.05, 0) is 31.2 Å². The molecule has 30 heavy (non-hydrogen) atoms. The third-order valence-corrected chi connectivity index (χ3v) is 5.47. The van der Waals surface area contributed by atoms with Crippen LogP contribution in [0.5, 0.6) is 0 Å². The van der Waals surface area contributed by atoms with Crippen LogP contribution in [0.1, 0.15) is 21.6 Å². The van der Waals surface area contributed by atoms with E-state index in [2.05, 4.69) is 10.3 Å². The van der Waals surface area contributed by atoms with Crippen LogP contribution in [0.2, 0.25) is 0 Å². The van der Waals surface area contributed by atoms with Crippen molar-refractivity contribution in [2.24, 2.45) is 0 Å². The lowest BCUT2D eigenvalue weighted by atomic mass is 10.1. The minimum absolute atomic E-state index is 0.000981. The molecule has 0 spiro atoms. The summed E-state index contributed by atoms with van der Waals surface area (Å²) in [5.74, 6) is -0.666. The summed E-state index contributed by atoms with van der Waals surface area (Å²) in [4.78, 5) is 16.6. The second-order valence-corrected chi connectivity index (χ2v) is 7.95. The lowest BCUT2D eigenvalue weighted by Crippen LogP contribution is -2.23. The molecule has 0 fully saturated rings. The Balaban J connectivity index is 1.89. The Morgan fingerprint density at radius 3 is 2.50 bits per heavy atom. The molecule has 158 valence electrons. The molecule has 0 bridgehead atoms. The summed E-state index contributed by atoms with van der Waals surface area (Å²) in [7, 11) is 0. The Kier molecular flexibility index (Phi) is 6.54. The van der Waals surface area contributed by atoms with Crippen molar-refractivity contribution in [1.82, 2.24) is 4.98 Å². The van der Waals surface area contributed by atoms with Crippen molar-refractivity contribution in [2.75, 3.05) is 9.62 Å². The predicted molar refractivity (Wildman–Crippen MR) is 110 cm³/mol. The zero-order valence-corrected chi connectivity index (χ0v) is 17.1. The van der Waals surface area contributed by atoms with Crippen LogP contribution in [-0.2, 0) is 17.7 Å². The lowest BCUT2D eigenvalue weighted by molar-refractivity contribution is -0.127. The highest BCUT2D eigenvalue weighted by molar-refractivity contribution is 7.81. The first kappa shape index (κ1) is 21.9. The Morgan fingerprint density at radius 1 is 1.20 bits per heavy atom. The Bertz CT molecular complexity index is 1070. The van der Waals surface area contributed by atoms with E-state index in [1.54, 1.807) is 36.4 Å². The van der Waals surface area contributed by atoms with E-state index in [-0.39, 0.29) is 22.1 Å². The first-order valence-electron chi connectivity index (χ1n) is 8.53. The van der Waals surface area contributed by atoms with Crippen molar-refractivity contribution in [1.29, 1.82) is 0 Å². The fraction of sp³-hybridized carbons (Fsp3) is 0.158. The summed E-state index contributed by atoms with van der Waals surface area (Å²) in [6.45, 7) is 1.87. The molecule has 0 aliphatic rings. The van der Waals surface area contributed by atoms with Gasteiger partial charge in [0.1, 0.15) is 0 Å². The number of anilines is 3. The van der Waals surface area contributed by atoms with E-state index in [0.29, 0.717) is 5.69 Å². The molecule has 3 aromatic rings. The van der Waals surface area contributed by atoms with Crippen molar-refractivity contribution in [2.45, 2.75) is 19.5 Å². The van der Waals surface area contributed by atoms with E-state index in [9.17, 15) is 26.7 Å². The van der Waals surface area contributed by atoms with Gasteiger partial charge in [-0.25, -0.2) is 13.5 Å².